The van der Waals surface area contributed by atoms with Crippen LogP contribution in [0.4, 0.5) is 0 Å². The van der Waals surface area contributed by atoms with Gasteiger partial charge in [-0.15, -0.1) is 11.3 Å². The van der Waals surface area contributed by atoms with Gasteiger partial charge in [-0.1, -0.05) is 18.2 Å². The van der Waals surface area contributed by atoms with Gasteiger partial charge in [0.15, 0.2) is 0 Å². The average molecular weight is 391 g/mol. The number of ether oxygens (including phenoxy) is 1. The Morgan fingerprint density at radius 1 is 1.18 bits per heavy atom. The molecule has 4 rings (SSSR count). The van der Waals surface area contributed by atoms with E-state index >= 15 is 0 Å². The lowest BCUT2D eigenvalue weighted by atomic mass is 10.1. The van der Waals surface area contributed by atoms with Crippen molar-refractivity contribution in [2.24, 2.45) is 0 Å². The maximum absolute atomic E-state index is 12.3. The molecule has 4 aromatic rings. The van der Waals surface area contributed by atoms with Crippen molar-refractivity contribution in [2.45, 2.75) is 12.8 Å². The highest BCUT2D eigenvalue weighted by Crippen LogP contribution is 2.25. The molecule has 0 atom stereocenters. The number of H-pyrrole nitrogens is 1. The number of aromatic nitrogens is 2. The number of aromatic amines is 1. The first-order valence-corrected chi connectivity index (χ1v) is 10.0. The van der Waals surface area contributed by atoms with Crippen LogP contribution in [0, 0.1) is 0 Å². The van der Waals surface area contributed by atoms with Crippen LogP contribution in [0.3, 0.4) is 0 Å². The van der Waals surface area contributed by atoms with E-state index in [9.17, 15) is 4.79 Å². The third-order valence-electron chi connectivity index (χ3n) is 4.62. The maximum atomic E-state index is 12.3. The van der Waals surface area contributed by atoms with Crippen molar-refractivity contribution in [3.8, 4) is 16.3 Å². The van der Waals surface area contributed by atoms with Crippen molar-refractivity contribution in [1.82, 2.24) is 15.3 Å². The summed E-state index contributed by atoms with van der Waals surface area (Å²) < 4.78 is 5.18. The SMILES string of the molecule is COc1ccc(-c2nc(CC(=O)NCCc3c[nH]c4ccccc34)cs2)cc1. The molecular formula is C22H21N3O2S. The van der Waals surface area contributed by atoms with Gasteiger partial charge in [0, 0.05) is 34.6 Å². The van der Waals surface area contributed by atoms with E-state index in [1.807, 2.05) is 48.0 Å². The molecule has 0 saturated carbocycles. The van der Waals surface area contributed by atoms with Gasteiger partial charge < -0.3 is 15.0 Å². The molecule has 1 amide bonds. The number of para-hydroxylation sites is 1. The predicted octanol–water partition coefficient (Wildman–Crippen LogP) is 4.20. The van der Waals surface area contributed by atoms with E-state index in [-0.39, 0.29) is 5.91 Å². The van der Waals surface area contributed by atoms with Crippen molar-refractivity contribution in [3.05, 3.63) is 71.4 Å². The highest BCUT2D eigenvalue weighted by Gasteiger charge is 2.10. The molecule has 0 fully saturated rings. The average Bonchev–Trinajstić information content (AvgIpc) is 3.35. The van der Waals surface area contributed by atoms with Crippen LogP contribution in [0.2, 0.25) is 0 Å². The Kier molecular flexibility index (Phi) is 5.39. The molecule has 0 aliphatic carbocycles. The fourth-order valence-corrected chi connectivity index (χ4v) is 3.98. The van der Waals surface area contributed by atoms with E-state index in [2.05, 4.69) is 27.4 Å². The van der Waals surface area contributed by atoms with Crippen molar-refractivity contribution in [3.63, 3.8) is 0 Å². The van der Waals surface area contributed by atoms with E-state index in [1.54, 1.807) is 18.4 Å². The van der Waals surface area contributed by atoms with E-state index < -0.39 is 0 Å². The number of carbonyl (C=O) groups is 1. The van der Waals surface area contributed by atoms with Gasteiger partial charge in [-0.05, 0) is 42.3 Å². The lowest BCUT2D eigenvalue weighted by molar-refractivity contribution is -0.120. The number of nitrogens with zero attached hydrogens (tertiary/aromatic N) is 1. The molecule has 0 aliphatic heterocycles. The van der Waals surface area contributed by atoms with Gasteiger partial charge in [0.25, 0.3) is 0 Å². The molecule has 0 bridgehead atoms. The number of benzene rings is 2. The normalized spacial score (nSPS) is 10.9. The fourth-order valence-electron chi connectivity index (χ4n) is 3.16. The van der Waals surface area contributed by atoms with Crippen LogP contribution in [0.15, 0.2) is 60.1 Å². The van der Waals surface area contributed by atoms with Crippen molar-refractivity contribution >= 4 is 28.1 Å². The topological polar surface area (TPSA) is 67.0 Å². The standard InChI is InChI=1S/C22H21N3O2S/c1-27-18-8-6-15(7-9-18)22-25-17(14-28-22)12-21(26)23-11-10-16-13-24-20-5-3-2-4-19(16)20/h2-9,13-14,24H,10-12H2,1H3,(H,23,26). The number of methoxy groups -OCH3 is 1. The lowest BCUT2D eigenvalue weighted by Crippen LogP contribution is -2.27. The summed E-state index contributed by atoms with van der Waals surface area (Å²) in [6, 6.07) is 16.0. The third-order valence-corrected chi connectivity index (χ3v) is 5.56. The number of carbonyl (C=O) groups excluding carboxylic acids is 1. The monoisotopic (exact) mass is 391 g/mol. The Balaban J connectivity index is 1.31. The summed E-state index contributed by atoms with van der Waals surface area (Å²) in [6.45, 7) is 0.607. The van der Waals surface area contributed by atoms with Crippen LogP contribution >= 0.6 is 11.3 Å². The first-order chi connectivity index (χ1) is 13.7. The number of rotatable bonds is 7. The summed E-state index contributed by atoms with van der Waals surface area (Å²) in [7, 11) is 1.65. The smallest absolute Gasteiger partial charge is 0.226 e. The van der Waals surface area contributed by atoms with E-state index in [4.69, 9.17) is 4.74 Å². The highest BCUT2D eigenvalue weighted by atomic mass is 32.1. The van der Waals surface area contributed by atoms with Gasteiger partial charge in [-0.3, -0.25) is 4.79 Å². The van der Waals surface area contributed by atoms with Gasteiger partial charge >= 0.3 is 0 Å². The number of hydrogen-bond acceptors (Lipinski definition) is 4. The second kappa shape index (κ2) is 8.27. The van der Waals surface area contributed by atoms with Gasteiger partial charge in [0.05, 0.1) is 19.2 Å². The van der Waals surface area contributed by atoms with Crippen molar-refractivity contribution in [2.75, 3.05) is 13.7 Å². The molecule has 28 heavy (non-hydrogen) atoms. The molecule has 142 valence electrons. The molecule has 0 saturated heterocycles. The molecule has 2 heterocycles. The largest absolute Gasteiger partial charge is 0.497 e. The second-order valence-electron chi connectivity index (χ2n) is 6.51. The first kappa shape index (κ1) is 18.3. The quantitative estimate of drug-likeness (QED) is 0.496. The molecule has 6 heteroatoms. The summed E-state index contributed by atoms with van der Waals surface area (Å²) >= 11 is 1.55. The maximum Gasteiger partial charge on any atom is 0.226 e. The Labute approximate surface area is 167 Å². The molecule has 2 aromatic heterocycles. The Morgan fingerprint density at radius 3 is 2.82 bits per heavy atom. The van der Waals surface area contributed by atoms with Crippen LogP contribution in [0.1, 0.15) is 11.3 Å². The summed E-state index contributed by atoms with van der Waals surface area (Å²) in [6.07, 6.45) is 3.10. The Morgan fingerprint density at radius 2 is 2.00 bits per heavy atom. The van der Waals surface area contributed by atoms with Gasteiger partial charge in [0.1, 0.15) is 10.8 Å². The minimum atomic E-state index is -0.00794. The molecule has 0 aliphatic rings. The van der Waals surface area contributed by atoms with Crippen LogP contribution in [-0.4, -0.2) is 29.5 Å². The van der Waals surface area contributed by atoms with Gasteiger partial charge in [0.2, 0.25) is 5.91 Å². The summed E-state index contributed by atoms with van der Waals surface area (Å²) in [5, 5.41) is 7.05. The minimum Gasteiger partial charge on any atom is -0.497 e. The highest BCUT2D eigenvalue weighted by molar-refractivity contribution is 7.13. The molecule has 0 spiro atoms. The Hall–Kier alpha value is -3.12. The zero-order valence-corrected chi connectivity index (χ0v) is 16.4. The number of fused-ring (bicyclic) bond motifs is 1. The zero-order valence-electron chi connectivity index (χ0n) is 15.6. The lowest BCUT2D eigenvalue weighted by Gasteiger charge is -2.04. The van der Waals surface area contributed by atoms with E-state index in [0.717, 1.165) is 34.0 Å². The molecular weight excluding hydrogens is 370 g/mol. The van der Waals surface area contributed by atoms with Crippen molar-refractivity contribution in [1.29, 1.82) is 0 Å². The zero-order chi connectivity index (χ0) is 19.3. The molecule has 0 unspecified atom stereocenters. The van der Waals surface area contributed by atoms with E-state index in [0.29, 0.717) is 13.0 Å². The first-order valence-electron chi connectivity index (χ1n) is 9.13. The van der Waals surface area contributed by atoms with Gasteiger partial charge in [-0.2, -0.15) is 0 Å². The molecule has 2 N–H and O–H groups in total. The fraction of sp³-hybridized carbons (Fsp3) is 0.182. The summed E-state index contributed by atoms with van der Waals surface area (Å²) in [4.78, 5) is 20.1. The van der Waals surface area contributed by atoms with Crippen molar-refractivity contribution < 1.29 is 9.53 Å². The van der Waals surface area contributed by atoms with Crippen LogP contribution in [0.5, 0.6) is 5.75 Å². The van der Waals surface area contributed by atoms with Crippen LogP contribution < -0.4 is 10.1 Å². The number of thiazole rings is 1. The van der Waals surface area contributed by atoms with Crippen LogP contribution in [0.25, 0.3) is 21.5 Å². The number of nitrogens with one attached hydrogen (secondary N) is 2. The number of amides is 1. The third kappa shape index (κ3) is 4.07. The molecule has 0 radical (unpaired) electrons. The van der Waals surface area contributed by atoms with Crippen LogP contribution in [-0.2, 0) is 17.6 Å². The predicted molar refractivity (Wildman–Crippen MR) is 113 cm³/mol. The number of hydrogen-bond donors (Lipinski definition) is 2. The minimum absolute atomic E-state index is 0.00794. The van der Waals surface area contributed by atoms with Gasteiger partial charge in [-0.25, -0.2) is 4.98 Å². The second-order valence-corrected chi connectivity index (χ2v) is 7.37. The Bertz CT molecular complexity index is 1080. The summed E-state index contributed by atoms with van der Waals surface area (Å²) in [5.41, 5.74) is 4.15. The molecule has 2 aromatic carbocycles. The van der Waals surface area contributed by atoms with E-state index in [1.165, 1.54) is 10.9 Å². The summed E-state index contributed by atoms with van der Waals surface area (Å²) in [5.74, 6) is 0.807. The molecule has 5 nitrogen and oxygen atoms in total.